The normalized spacial score (nSPS) is 12.7. The van der Waals surface area contributed by atoms with Gasteiger partial charge in [-0.15, -0.1) is 0 Å². The Morgan fingerprint density at radius 3 is 2.28 bits per heavy atom. The molecule has 5 nitrogen and oxygen atoms in total. The lowest BCUT2D eigenvalue weighted by Gasteiger charge is -2.31. The van der Waals surface area contributed by atoms with Gasteiger partial charge in [-0.3, -0.25) is 9.59 Å². The van der Waals surface area contributed by atoms with E-state index in [9.17, 15) is 9.59 Å². The van der Waals surface area contributed by atoms with Crippen molar-refractivity contribution in [2.24, 2.45) is 0 Å². The molecule has 0 fully saturated rings. The van der Waals surface area contributed by atoms with Crippen LogP contribution in [-0.2, 0) is 16.1 Å². The van der Waals surface area contributed by atoms with E-state index in [4.69, 9.17) is 4.74 Å². The fraction of sp³-hybridized carbons (Fsp3) is 0.417. The quantitative estimate of drug-likeness (QED) is 0.658. The molecule has 2 aromatic carbocycles. The van der Waals surface area contributed by atoms with Gasteiger partial charge in [0.15, 0.2) is 6.61 Å². The fourth-order valence-corrected chi connectivity index (χ4v) is 3.08. The van der Waals surface area contributed by atoms with Crippen LogP contribution in [0.25, 0.3) is 0 Å². The van der Waals surface area contributed by atoms with Crippen LogP contribution in [0.5, 0.6) is 5.75 Å². The standard InChI is InChI=1S/C24H32N2O3/c1-5-19(4)25-24(28)21(6-2)26(16-20-13-8-7-9-14-20)23(27)17-29-22-15-11-10-12-18(22)3/h7-15,19,21H,5-6,16-17H2,1-4H3,(H,25,28)/t19-,21-/m0/s1. The van der Waals surface area contributed by atoms with Crippen molar-refractivity contribution in [1.29, 1.82) is 0 Å². The van der Waals surface area contributed by atoms with Crippen molar-refractivity contribution in [2.75, 3.05) is 6.61 Å². The molecule has 0 saturated heterocycles. The van der Waals surface area contributed by atoms with E-state index in [0.717, 1.165) is 17.5 Å². The topological polar surface area (TPSA) is 58.6 Å². The van der Waals surface area contributed by atoms with Gasteiger partial charge in [-0.2, -0.15) is 0 Å². The number of hydrogen-bond donors (Lipinski definition) is 1. The second-order valence-corrected chi connectivity index (χ2v) is 7.30. The Morgan fingerprint density at radius 1 is 1.00 bits per heavy atom. The van der Waals surface area contributed by atoms with Crippen LogP contribution in [0.3, 0.4) is 0 Å². The highest BCUT2D eigenvalue weighted by molar-refractivity contribution is 5.88. The molecule has 2 aromatic rings. The summed E-state index contributed by atoms with van der Waals surface area (Å²) in [6.45, 7) is 8.11. The minimum atomic E-state index is -0.544. The van der Waals surface area contributed by atoms with Crippen LogP contribution in [-0.4, -0.2) is 35.4 Å². The Labute approximate surface area is 174 Å². The van der Waals surface area contributed by atoms with Crippen LogP contribution < -0.4 is 10.1 Å². The summed E-state index contributed by atoms with van der Waals surface area (Å²) in [5.74, 6) is 0.350. The fourth-order valence-electron chi connectivity index (χ4n) is 3.08. The molecule has 156 valence electrons. The summed E-state index contributed by atoms with van der Waals surface area (Å²) in [5, 5.41) is 3.01. The molecule has 0 unspecified atom stereocenters. The summed E-state index contributed by atoms with van der Waals surface area (Å²) >= 11 is 0. The summed E-state index contributed by atoms with van der Waals surface area (Å²) in [5.41, 5.74) is 1.95. The summed E-state index contributed by atoms with van der Waals surface area (Å²) in [7, 11) is 0. The highest BCUT2D eigenvalue weighted by Gasteiger charge is 2.29. The average molecular weight is 397 g/mol. The zero-order valence-corrected chi connectivity index (χ0v) is 17.9. The molecule has 0 radical (unpaired) electrons. The second-order valence-electron chi connectivity index (χ2n) is 7.30. The minimum Gasteiger partial charge on any atom is -0.484 e. The van der Waals surface area contributed by atoms with Gasteiger partial charge in [-0.1, -0.05) is 62.4 Å². The smallest absolute Gasteiger partial charge is 0.261 e. The third-order valence-electron chi connectivity index (χ3n) is 5.03. The first-order valence-electron chi connectivity index (χ1n) is 10.3. The number of nitrogens with one attached hydrogen (secondary N) is 1. The maximum Gasteiger partial charge on any atom is 0.261 e. The zero-order valence-electron chi connectivity index (χ0n) is 17.9. The van der Waals surface area contributed by atoms with Crippen molar-refractivity contribution in [3.63, 3.8) is 0 Å². The molecule has 0 aliphatic carbocycles. The highest BCUT2D eigenvalue weighted by atomic mass is 16.5. The third-order valence-corrected chi connectivity index (χ3v) is 5.03. The molecule has 2 atom stereocenters. The summed E-state index contributed by atoms with van der Waals surface area (Å²) in [6.07, 6.45) is 1.37. The first-order valence-corrected chi connectivity index (χ1v) is 10.3. The van der Waals surface area contributed by atoms with Gasteiger partial charge in [0.05, 0.1) is 0 Å². The van der Waals surface area contributed by atoms with E-state index in [1.807, 2.05) is 82.3 Å². The predicted octanol–water partition coefficient (Wildman–Crippen LogP) is 4.10. The monoisotopic (exact) mass is 396 g/mol. The summed E-state index contributed by atoms with van der Waals surface area (Å²) in [6, 6.07) is 16.8. The van der Waals surface area contributed by atoms with Gasteiger partial charge in [-0.25, -0.2) is 0 Å². The Morgan fingerprint density at radius 2 is 1.66 bits per heavy atom. The van der Waals surface area contributed by atoms with Crippen LogP contribution in [0.4, 0.5) is 0 Å². The molecule has 0 heterocycles. The van der Waals surface area contributed by atoms with Crippen molar-refractivity contribution in [3.05, 3.63) is 65.7 Å². The molecular weight excluding hydrogens is 364 g/mol. The number of nitrogens with zero attached hydrogens (tertiary/aromatic N) is 1. The maximum absolute atomic E-state index is 13.1. The first-order chi connectivity index (χ1) is 14.0. The van der Waals surface area contributed by atoms with E-state index in [-0.39, 0.29) is 24.5 Å². The van der Waals surface area contributed by atoms with Gasteiger partial charge in [0.2, 0.25) is 5.91 Å². The molecule has 29 heavy (non-hydrogen) atoms. The second kappa shape index (κ2) is 11.2. The molecule has 0 spiro atoms. The van der Waals surface area contributed by atoms with Gasteiger partial charge in [0, 0.05) is 12.6 Å². The number of benzene rings is 2. The number of carbonyl (C=O) groups excluding carboxylic acids is 2. The number of aryl methyl sites for hydroxylation is 1. The van der Waals surface area contributed by atoms with Gasteiger partial charge in [0.25, 0.3) is 5.91 Å². The van der Waals surface area contributed by atoms with E-state index in [2.05, 4.69) is 5.32 Å². The molecule has 0 aliphatic heterocycles. The van der Waals surface area contributed by atoms with Gasteiger partial charge >= 0.3 is 0 Å². The van der Waals surface area contributed by atoms with Crippen LogP contribution >= 0.6 is 0 Å². The Kier molecular flexibility index (Phi) is 8.71. The molecule has 0 aliphatic rings. The van der Waals surface area contributed by atoms with Gasteiger partial charge in [-0.05, 0) is 43.9 Å². The number of para-hydroxylation sites is 1. The van der Waals surface area contributed by atoms with Crippen molar-refractivity contribution in [3.8, 4) is 5.75 Å². The molecule has 5 heteroatoms. The highest BCUT2D eigenvalue weighted by Crippen LogP contribution is 2.18. The van der Waals surface area contributed by atoms with Crippen molar-refractivity contribution in [2.45, 2.75) is 59.2 Å². The van der Waals surface area contributed by atoms with Crippen molar-refractivity contribution < 1.29 is 14.3 Å². The molecule has 0 saturated carbocycles. The largest absolute Gasteiger partial charge is 0.484 e. The molecule has 0 aromatic heterocycles. The summed E-state index contributed by atoms with van der Waals surface area (Å²) < 4.78 is 5.77. The molecule has 2 amide bonds. The Hall–Kier alpha value is -2.82. The Bertz CT molecular complexity index is 792. The molecular formula is C24H32N2O3. The number of amides is 2. The van der Waals surface area contributed by atoms with E-state index in [1.165, 1.54) is 0 Å². The lowest BCUT2D eigenvalue weighted by Crippen LogP contribution is -2.51. The average Bonchev–Trinajstić information content (AvgIpc) is 2.73. The SMILES string of the molecule is CC[C@H](C)NC(=O)[C@H](CC)N(Cc1ccccc1)C(=O)COc1ccccc1C. The third kappa shape index (κ3) is 6.63. The van der Waals surface area contributed by atoms with E-state index in [1.54, 1.807) is 4.90 Å². The molecule has 1 N–H and O–H groups in total. The lowest BCUT2D eigenvalue weighted by atomic mass is 10.1. The Balaban J connectivity index is 2.19. The van der Waals surface area contributed by atoms with Crippen molar-refractivity contribution in [1.82, 2.24) is 10.2 Å². The van der Waals surface area contributed by atoms with Crippen LogP contribution in [0.1, 0.15) is 44.7 Å². The number of carbonyl (C=O) groups is 2. The van der Waals surface area contributed by atoms with Crippen molar-refractivity contribution >= 4 is 11.8 Å². The summed E-state index contributed by atoms with van der Waals surface area (Å²) in [4.78, 5) is 27.6. The van der Waals surface area contributed by atoms with E-state index < -0.39 is 6.04 Å². The van der Waals surface area contributed by atoms with Crippen LogP contribution in [0.15, 0.2) is 54.6 Å². The lowest BCUT2D eigenvalue weighted by molar-refractivity contribution is -0.143. The van der Waals surface area contributed by atoms with E-state index in [0.29, 0.717) is 18.7 Å². The van der Waals surface area contributed by atoms with Gasteiger partial charge in [0.1, 0.15) is 11.8 Å². The molecule has 2 rings (SSSR count). The number of hydrogen-bond acceptors (Lipinski definition) is 3. The predicted molar refractivity (Wildman–Crippen MR) is 116 cm³/mol. The maximum atomic E-state index is 13.1. The zero-order chi connectivity index (χ0) is 21.2. The van der Waals surface area contributed by atoms with Crippen LogP contribution in [0, 0.1) is 6.92 Å². The number of rotatable bonds is 10. The molecule has 0 bridgehead atoms. The minimum absolute atomic E-state index is 0.0634. The van der Waals surface area contributed by atoms with Gasteiger partial charge < -0.3 is 15.0 Å². The first kappa shape index (κ1) is 22.5. The van der Waals surface area contributed by atoms with Crippen LogP contribution in [0.2, 0.25) is 0 Å². The number of ether oxygens (including phenoxy) is 1. The van der Waals surface area contributed by atoms with E-state index >= 15 is 0 Å².